The molecular formula is C15H21N3O5S. The lowest BCUT2D eigenvalue weighted by Gasteiger charge is -2.32. The van der Waals surface area contributed by atoms with Crippen molar-refractivity contribution >= 4 is 15.9 Å². The fourth-order valence-corrected chi connectivity index (χ4v) is 3.59. The van der Waals surface area contributed by atoms with Crippen LogP contribution in [0, 0.1) is 0 Å². The van der Waals surface area contributed by atoms with Crippen LogP contribution in [0.2, 0.25) is 0 Å². The molecule has 0 aliphatic carbocycles. The highest BCUT2D eigenvalue weighted by molar-refractivity contribution is 7.89. The summed E-state index contributed by atoms with van der Waals surface area (Å²) in [6.45, 7) is 3.38. The number of benzene rings is 1. The normalized spacial score (nSPS) is 18.5. The Hall–Kier alpha value is -1.84. The minimum Gasteiger partial charge on any atom is -0.486 e. The van der Waals surface area contributed by atoms with Crippen molar-refractivity contribution < 1.29 is 22.7 Å². The quantitative estimate of drug-likeness (QED) is 0.784. The Bertz CT molecular complexity index is 714. The summed E-state index contributed by atoms with van der Waals surface area (Å²) in [6.07, 6.45) is 0. The molecule has 1 aromatic carbocycles. The first-order valence-electron chi connectivity index (χ1n) is 7.81. The Morgan fingerprint density at radius 1 is 1.12 bits per heavy atom. The van der Waals surface area contributed by atoms with Gasteiger partial charge in [-0.2, -0.15) is 0 Å². The van der Waals surface area contributed by atoms with Gasteiger partial charge in [0.2, 0.25) is 15.9 Å². The maximum absolute atomic E-state index is 12.4. The van der Waals surface area contributed by atoms with E-state index < -0.39 is 10.0 Å². The summed E-state index contributed by atoms with van der Waals surface area (Å²) in [5, 5.41) is 0. The summed E-state index contributed by atoms with van der Waals surface area (Å²) in [6, 6.07) is 4.42. The van der Waals surface area contributed by atoms with Crippen LogP contribution >= 0.6 is 0 Å². The van der Waals surface area contributed by atoms with Crippen molar-refractivity contribution in [3.05, 3.63) is 18.2 Å². The lowest BCUT2D eigenvalue weighted by atomic mass is 10.3. The van der Waals surface area contributed by atoms with E-state index in [1.54, 1.807) is 11.0 Å². The number of fused-ring (bicyclic) bond motifs is 1. The van der Waals surface area contributed by atoms with Gasteiger partial charge in [0.25, 0.3) is 0 Å². The number of rotatable bonds is 4. The van der Waals surface area contributed by atoms with Crippen molar-refractivity contribution in [2.24, 2.45) is 0 Å². The van der Waals surface area contributed by atoms with Gasteiger partial charge in [-0.1, -0.05) is 0 Å². The molecule has 132 valence electrons. The van der Waals surface area contributed by atoms with Crippen molar-refractivity contribution in [3.63, 3.8) is 0 Å². The largest absolute Gasteiger partial charge is 0.486 e. The first kappa shape index (κ1) is 17.0. The fraction of sp³-hybridized carbons (Fsp3) is 0.533. The summed E-state index contributed by atoms with van der Waals surface area (Å²) < 4.78 is 37.9. The molecule has 0 bridgehead atoms. The number of carbonyl (C=O) groups is 1. The lowest BCUT2D eigenvalue weighted by Crippen LogP contribution is -2.50. The molecule has 1 N–H and O–H groups in total. The molecule has 2 aliphatic heterocycles. The third kappa shape index (κ3) is 3.80. The van der Waals surface area contributed by atoms with Crippen LogP contribution in [0.25, 0.3) is 0 Å². The zero-order valence-corrected chi connectivity index (χ0v) is 14.3. The van der Waals surface area contributed by atoms with E-state index >= 15 is 0 Å². The number of nitrogens with one attached hydrogen (secondary N) is 1. The summed E-state index contributed by atoms with van der Waals surface area (Å²) in [5.41, 5.74) is 0. The number of sulfonamides is 1. The van der Waals surface area contributed by atoms with Crippen LogP contribution in [-0.2, 0) is 14.8 Å². The van der Waals surface area contributed by atoms with Crippen LogP contribution in [0.4, 0.5) is 0 Å². The molecule has 9 heteroatoms. The van der Waals surface area contributed by atoms with Gasteiger partial charge >= 0.3 is 0 Å². The standard InChI is InChI=1S/C15H21N3O5S/c1-17-4-6-18(7-5-17)15(19)11-16-24(20,21)12-2-3-13-14(10-12)23-9-8-22-13/h2-3,10,16H,4-9,11H2,1H3. The molecule has 1 saturated heterocycles. The van der Waals surface area contributed by atoms with Crippen LogP contribution in [0.1, 0.15) is 0 Å². The Balaban J connectivity index is 1.62. The topological polar surface area (TPSA) is 88.2 Å². The number of hydrogen-bond donors (Lipinski definition) is 1. The van der Waals surface area contributed by atoms with Gasteiger partial charge in [-0.15, -0.1) is 0 Å². The number of carbonyl (C=O) groups excluding carboxylic acids is 1. The molecule has 1 fully saturated rings. The van der Waals surface area contributed by atoms with E-state index in [-0.39, 0.29) is 17.3 Å². The van der Waals surface area contributed by atoms with E-state index in [1.807, 2.05) is 7.05 Å². The molecule has 1 aromatic rings. The average Bonchev–Trinajstić information content (AvgIpc) is 2.60. The highest BCUT2D eigenvalue weighted by Crippen LogP contribution is 2.32. The predicted octanol–water partition coefficient (Wildman–Crippen LogP) is -0.490. The van der Waals surface area contributed by atoms with E-state index in [9.17, 15) is 13.2 Å². The Labute approximate surface area is 141 Å². The van der Waals surface area contributed by atoms with Gasteiger partial charge in [0.1, 0.15) is 13.2 Å². The highest BCUT2D eigenvalue weighted by atomic mass is 32.2. The molecule has 24 heavy (non-hydrogen) atoms. The van der Waals surface area contributed by atoms with E-state index in [2.05, 4.69) is 9.62 Å². The minimum atomic E-state index is -3.78. The molecule has 0 saturated carbocycles. The number of nitrogens with zero attached hydrogens (tertiary/aromatic N) is 2. The fourth-order valence-electron chi connectivity index (χ4n) is 2.60. The Morgan fingerprint density at radius 3 is 2.50 bits per heavy atom. The van der Waals surface area contributed by atoms with Gasteiger partial charge in [-0.05, 0) is 19.2 Å². The molecule has 8 nitrogen and oxygen atoms in total. The zero-order valence-electron chi connectivity index (χ0n) is 13.5. The maximum Gasteiger partial charge on any atom is 0.241 e. The lowest BCUT2D eigenvalue weighted by molar-refractivity contribution is -0.131. The molecule has 3 rings (SSSR count). The van der Waals surface area contributed by atoms with Crippen LogP contribution in [-0.4, -0.2) is 77.1 Å². The smallest absolute Gasteiger partial charge is 0.241 e. The van der Waals surface area contributed by atoms with Crippen LogP contribution < -0.4 is 14.2 Å². The van der Waals surface area contributed by atoms with Crippen molar-refractivity contribution in [3.8, 4) is 11.5 Å². The summed E-state index contributed by atoms with van der Waals surface area (Å²) in [5.74, 6) is 0.701. The highest BCUT2D eigenvalue weighted by Gasteiger charge is 2.23. The maximum atomic E-state index is 12.4. The van der Waals surface area contributed by atoms with Crippen LogP contribution in [0.5, 0.6) is 11.5 Å². The summed E-state index contributed by atoms with van der Waals surface area (Å²) >= 11 is 0. The molecular weight excluding hydrogens is 334 g/mol. The van der Waals surface area contributed by atoms with E-state index in [1.165, 1.54) is 12.1 Å². The SMILES string of the molecule is CN1CCN(C(=O)CNS(=O)(=O)c2ccc3c(c2)OCCO3)CC1. The predicted molar refractivity (Wildman–Crippen MR) is 86.7 cm³/mol. The second kappa shape index (κ2) is 6.96. The van der Waals surface area contributed by atoms with E-state index in [0.717, 1.165) is 13.1 Å². The van der Waals surface area contributed by atoms with E-state index in [4.69, 9.17) is 9.47 Å². The molecule has 1 amide bonds. The second-order valence-electron chi connectivity index (χ2n) is 5.81. The van der Waals surface area contributed by atoms with Gasteiger partial charge < -0.3 is 19.3 Å². The third-order valence-corrected chi connectivity index (χ3v) is 5.49. The molecule has 2 aliphatic rings. The van der Waals surface area contributed by atoms with Gasteiger partial charge in [-0.3, -0.25) is 4.79 Å². The first-order valence-corrected chi connectivity index (χ1v) is 9.30. The number of hydrogen-bond acceptors (Lipinski definition) is 6. The van der Waals surface area contributed by atoms with Crippen molar-refractivity contribution in [1.82, 2.24) is 14.5 Å². The van der Waals surface area contributed by atoms with E-state index in [0.29, 0.717) is 37.8 Å². The van der Waals surface area contributed by atoms with Crippen LogP contribution in [0.15, 0.2) is 23.1 Å². The third-order valence-electron chi connectivity index (χ3n) is 4.09. The molecule has 0 atom stereocenters. The molecule has 0 aromatic heterocycles. The minimum absolute atomic E-state index is 0.0536. The molecule has 2 heterocycles. The Kier molecular flexibility index (Phi) is 4.93. The monoisotopic (exact) mass is 355 g/mol. The summed E-state index contributed by atoms with van der Waals surface area (Å²) in [4.78, 5) is 16.0. The zero-order chi connectivity index (χ0) is 17.2. The summed E-state index contributed by atoms with van der Waals surface area (Å²) in [7, 11) is -1.79. The molecule has 0 spiro atoms. The van der Waals surface area contributed by atoms with Crippen molar-refractivity contribution in [2.75, 3.05) is 53.0 Å². The van der Waals surface area contributed by atoms with Gasteiger partial charge in [0.05, 0.1) is 11.4 Å². The average molecular weight is 355 g/mol. The number of ether oxygens (including phenoxy) is 2. The van der Waals surface area contributed by atoms with Gasteiger partial charge in [0.15, 0.2) is 11.5 Å². The number of piperazine rings is 1. The van der Waals surface area contributed by atoms with Gasteiger partial charge in [0, 0.05) is 32.2 Å². The second-order valence-corrected chi connectivity index (χ2v) is 7.58. The van der Waals surface area contributed by atoms with Gasteiger partial charge in [-0.25, -0.2) is 13.1 Å². The molecule has 0 unspecified atom stereocenters. The van der Waals surface area contributed by atoms with Crippen molar-refractivity contribution in [2.45, 2.75) is 4.90 Å². The molecule has 0 radical (unpaired) electrons. The first-order chi connectivity index (χ1) is 11.5. The Morgan fingerprint density at radius 2 is 1.79 bits per heavy atom. The number of likely N-dealkylation sites (N-methyl/N-ethyl adjacent to an activating group) is 1. The van der Waals surface area contributed by atoms with Crippen molar-refractivity contribution in [1.29, 1.82) is 0 Å². The number of amides is 1. The van der Waals surface area contributed by atoms with Crippen LogP contribution in [0.3, 0.4) is 0 Å².